The number of nitrogens with zero attached hydrogens (tertiary/aromatic N) is 6. The molecule has 1 fully saturated rings. The van der Waals surface area contributed by atoms with Gasteiger partial charge in [-0.3, -0.25) is 19.1 Å². The molecule has 3 aromatic heterocycles. The average molecular weight is 424 g/mol. The smallest absolute Gasteiger partial charge is 0.269 e. The van der Waals surface area contributed by atoms with E-state index in [1.54, 1.807) is 24.7 Å². The number of ether oxygens (including phenoxy) is 2. The third-order valence-corrected chi connectivity index (χ3v) is 5.40. The Balaban J connectivity index is 1.40. The van der Waals surface area contributed by atoms with E-state index in [0.717, 1.165) is 24.1 Å². The standard InChI is InChI=1S/C20H20N6O5/c27-11-15-5-6-16(31-15)25-12-22-17-18(23-20-21-8-9-24(20)19(17)25)30-10-7-13-1-3-14(4-2-13)26(28)29/h1-4,8-9,12,15-16,27H,5-7,10-11H2/t15-,16+/m0/s1. The summed E-state index contributed by atoms with van der Waals surface area (Å²) in [5, 5.41) is 20.2. The number of non-ortho nitro benzene ring substituents is 1. The summed E-state index contributed by atoms with van der Waals surface area (Å²) in [5.41, 5.74) is 2.33. The molecule has 1 aliphatic heterocycles. The van der Waals surface area contributed by atoms with E-state index < -0.39 is 4.92 Å². The number of aliphatic hydroxyl groups is 1. The molecule has 1 saturated heterocycles. The summed E-state index contributed by atoms with van der Waals surface area (Å²) in [7, 11) is 0. The van der Waals surface area contributed by atoms with Crippen molar-refractivity contribution in [3.63, 3.8) is 0 Å². The predicted molar refractivity (Wildman–Crippen MR) is 109 cm³/mol. The van der Waals surface area contributed by atoms with Gasteiger partial charge in [-0.15, -0.1) is 0 Å². The number of nitro benzene ring substituents is 1. The van der Waals surface area contributed by atoms with E-state index in [0.29, 0.717) is 30.2 Å². The summed E-state index contributed by atoms with van der Waals surface area (Å²) >= 11 is 0. The van der Waals surface area contributed by atoms with E-state index in [4.69, 9.17) is 9.47 Å². The monoisotopic (exact) mass is 424 g/mol. The van der Waals surface area contributed by atoms with Crippen LogP contribution in [0.3, 0.4) is 0 Å². The Morgan fingerprint density at radius 2 is 2.10 bits per heavy atom. The number of imidazole rings is 2. The Kier molecular flexibility index (Phi) is 4.96. The Hall–Kier alpha value is -3.57. The van der Waals surface area contributed by atoms with Gasteiger partial charge < -0.3 is 14.6 Å². The van der Waals surface area contributed by atoms with Gasteiger partial charge in [-0.1, -0.05) is 12.1 Å². The highest BCUT2D eigenvalue weighted by atomic mass is 16.6. The summed E-state index contributed by atoms with van der Waals surface area (Å²) in [6, 6.07) is 6.38. The van der Waals surface area contributed by atoms with E-state index in [1.807, 2.05) is 15.2 Å². The third-order valence-electron chi connectivity index (χ3n) is 5.40. The van der Waals surface area contributed by atoms with Crippen LogP contribution in [-0.2, 0) is 11.2 Å². The molecule has 4 heterocycles. The largest absolute Gasteiger partial charge is 0.476 e. The molecular weight excluding hydrogens is 404 g/mol. The number of rotatable bonds is 7. The normalized spacial score (nSPS) is 18.7. The molecule has 160 valence electrons. The third kappa shape index (κ3) is 3.57. The summed E-state index contributed by atoms with van der Waals surface area (Å²) in [6.45, 7) is 0.318. The summed E-state index contributed by atoms with van der Waals surface area (Å²) in [6.07, 6.45) is 6.85. The lowest BCUT2D eigenvalue weighted by molar-refractivity contribution is -0.384. The molecule has 31 heavy (non-hydrogen) atoms. The topological polar surface area (TPSA) is 130 Å². The first-order chi connectivity index (χ1) is 15.1. The average Bonchev–Trinajstić information content (AvgIpc) is 3.52. The van der Waals surface area contributed by atoms with Crippen molar-refractivity contribution in [3.8, 4) is 5.88 Å². The second kappa shape index (κ2) is 7.93. The van der Waals surface area contributed by atoms with Crippen LogP contribution in [0.5, 0.6) is 5.88 Å². The molecule has 1 N–H and O–H groups in total. The molecule has 2 atom stereocenters. The molecule has 0 unspecified atom stereocenters. The summed E-state index contributed by atoms with van der Waals surface area (Å²) in [4.78, 5) is 23.6. The van der Waals surface area contributed by atoms with Gasteiger partial charge in [0.05, 0.1) is 30.6 Å². The van der Waals surface area contributed by atoms with Crippen LogP contribution in [0.1, 0.15) is 24.6 Å². The zero-order valence-electron chi connectivity index (χ0n) is 16.5. The highest BCUT2D eigenvalue weighted by Crippen LogP contribution is 2.33. The second-order valence-corrected chi connectivity index (χ2v) is 7.33. The molecule has 0 radical (unpaired) electrons. The van der Waals surface area contributed by atoms with Crippen LogP contribution >= 0.6 is 0 Å². The van der Waals surface area contributed by atoms with Crippen LogP contribution in [0, 0.1) is 10.1 Å². The van der Waals surface area contributed by atoms with Gasteiger partial charge >= 0.3 is 0 Å². The van der Waals surface area contributed by atoms with Gasteiger partial charge in [-0.25, -0.2) is 9.97 Å². The summed E-state index contributed by atoms with van der Waals surface area (Å²) in [5.74, 6) is 0.849. The Morgan fingerprint density at radius 1 is 1.26 bits per heavy atom. The molecule has 0 amide bonds. The van der Waals surface area contributed by atoms with Crippen molar-refractivity contribution in [2.45, 2.75) is 31.6 Å². The second-order valence-electron chi connectivity index (χ2n) is 7.33. The van der Waals surface area contributed by atoms with Gasteiger partial charge in [-0.2, -0.15) is 4.98 Å². The highest BCUT2D eigenvalue weighted by Gasteiger charge is 2.28. The van der Waals surface area contributed by atoms with Crippen LogP contribution < -0.4 is 4.74 Å². The van der Waals surface area contributed by atoms with E-state index >= 15 is 0 Å². The predicted octanol–water partition coefficient (Wildman–Crippen LogP) is 2.28. The number of fused-ring (bicyclic) bond motifs is 3. The lowest BCUT2D eigenvalue weighted by Gasteiger charge is -2.15. The van der Waals surface area contributed by atoms with Crippen molar-refractivity contribution >= 4 is 22.6 Å². The lowest BCUT2D eigenvalue weighted by atomic mass is 10.1. The molecule has 0 bridgehead atoms. The van der Waals surface area contributed by atoms with Gasteiger partial charge in [0.25, 0.3) is 5.69 Å². The van der Waals surface area contributed by atoms with Gasteiger partial charge in [0, 0.05) is 30.9 Å². The molecule has 0 spiro atoms. The van der Waals surface area contributed by atoms with Crippen LogP contribution in [0.25, 0.3) is 16.9 Å². The van der Waals surface area contributed by atoms with Crippen LogP contribution in [0.4, 0.5) is 5.69 Å². The molecule has 5 rings (SSSR count). The lowest BCUT2D eigenvalue weighted by Crippen LogP contribution is -2.14. The minimum atomic E-state index is -0.423. The fourth-order valence-electron chi connectivity index (χ4n) is 3.82. The van der Waals surface area contributed by atoms with E-state index in [1.165, 1.54) is 12.1 Å². The minimum Gasteiger partial charge on any atom is -0.476 e. The molecule has 11 nitrogen and oxygen atoms in total. The van der Waals surface area contributed by atoms with Crippen LogP contribution in [0.2, 0.25) is 0 Å². The highest BCUT2D eigenvalue weighted by molar-refractivity contribution is 5.79. The first-order valence-electron chi connectivity index (χ1n) is 9.96. The SMILES string of the molecule is O=[N+]([O-])c1ccc(CCOc2nc3nccn3c3c2ncn3[C@H]2CC[C@@H](CO)O2)cc1. The zero-order chi connectivity index (χ0) is 21.4. The fourth-order valence-corrected chi connectivity index (χ4v) is 3.82. The molecule has 1 aliphatic rings. The number of hydrogen-bond acceptors (Lipinski definition) is 8. The molecule has 0 aliphatic carbocycles. The first-order valence-corrected chi connectivity index (χ1v) is 9.96. The van der Waals surface area contributed by atoms with Gasteiger partial charge in [-0.05, 0) is 18.4 Å². The van der Waals surface area contributed by atoms with Crippen molar-refractivity contribution in [2.24, 2.45) is 0 Å². The Bertz CT molecular complexity index is 1230. The van der Waals surface area contributed by atoms with Gasteiger partial charge in [0.15, 0.2) is 11.2 Å². The van der Waals surface area contributed by atoms with Crippen molar-refractivity contribution in [3.05, 3.63) is 58.7 Å². The molecule has 4 aromatic rings. The summed E-state index contributed by atoms with van der Waals surface area (Å²) < 4.78 is 15.6. The maximum Gasteiger partial charge on any atom is 0.269 e. The molecular formula is C20H20N6O5. The van der Waals surface area contributed by atoms with Crippen LogP contribution in [-0.4, -0.2) is 53.3 Å². The van der Waals surface area contributed by atoms with E-state index in [-0.39, 0.29) is 24.6 Å². The minimum absolute atomic E-state index is 0.0117. The number of nitro groups is 1. The maximum atomic E-state index is 10.8. The maximum absolute atomic E-state index is 10.8. The van der Waals surface area contributed by atoms with Crippen LogP contribution in [0.15, 0.2) is 43.0 Å². The van der Waals surface area contributed by atoms with Crippen molar-refractivity contribution in [1.29, 1.82) is 0 Å². The number of hydrogen-bond donors (Lipinski definition) is 1. The molecule has 1 aromatic carbocycles. The molecule has 0 saturated carbocycles. The number of benzene rings is 1. The number of aliphatic hydroxyl groups excluding tert-OH is 1. The quantitative estimate of drug-likeness (QED) is 0.353. The van der Waals surface area contributed by atoms with Crippen molar-refractivity contribution in [2.75, 3.05) is 13.2 Å². The van der Waals surface area contributed by atoms with E-state index in [9.17, 15) is 15.2 Å². The Morgan fingerprint density at radius 3 is 2.84 bits per heavy atom. The van der Waals surface area contributed by atoms with Gasteiger partial charge in [0.1, 0.15) is 6.23 Å². The Labute approximate surface area is 176 Å². The van der Waals surface area contributed by atoms with Crippen molar-refractivity contribution in [1.82, 2.24) is 23.9 Å². The van der Waals surface area contributed by atoms with E-state index in [2.05, 4.69) is 15.0 Å². The fraction of sp³-hybridized carbons (Fsp3) is 0.350. The number of aromatic nitrogens is 5. The van der Waals surface area contributed by atoms with Crippen molar-refractivity contribution < 1.29 is 19.5 Å². The molecule has 11 heteroatoms. The van der Waals surface area contributed by atoms with Gasteiger partial charge in [0.2, 0.25) is 11.7 Å². The first kappa shape index (κ1) is 19.4. The zero-order valence-corrected chi connectivity index (χ0v) is 16.5.